The SMILES string of the molecule is CN1C[C@H](N)CC1N. The zero-order chi connectivity index (χ0) is 6.15. The lowest BCUT2D eigenvalue weighted by Gasteiger charge is -2.11. The molecule has 8 heavy (non-hydrogen) atoms. The van der Waals surface area contributed by atoms with Crippen LogP contribution in [-0.2, 0) is 0 Å². The van der Waals surface area contributed by atoms with Crippen LogP contribution in [0.2, 0.25) is 0 Å². The molecule has 4 N–H and O–H groups in total. The lowest BCUT2D eigenvalue weighted by molar-refractivity contribution is 0.317. The Bertz CT molecular complexity index is 73.7. The normalized spacial score (nSPS) is 40.9. The molecule has 2 atom stereocenters. The van der Waals surface area contributed by atoms with Gasteiger partial charge in [0.2, 0.25) is 0 Å². The number of likely N-dealkylation sites (tertiary alicyclic amines) is 1. The summed E-state index contributed by atoms with van der Waals surface area (Å²) >= 11 is 0. The Balaban J connectivity index is 2.39. The van der Waals surface area contributed by atoms with Crippen LogP contribution in [0, 0.1) is 0 Å². The number of hydrogen-bond donors (Lipinski definition) is 2. The molecule has 0 radical (unpaired) electrons. The first kappa shape index (κ1) is 6.01. The van der Waals surface area contributed by atoms with Gasteiger partial charge < -0.3 is 11.5 Å². The van der Waals surface area contributed by atoms with E-state index >= 15 is 0 Å². The van der Waals surface area contributed by atoms with E-state index in [1.54, 1.807) is 0 Å². The van der Waals surface area contributed by atoms with Gasteiger partial charge >= 0.3 is 0 Å². The number of rotatable bonds is 0. The average Bonchev–Trinajstić information content (AvgIpc) is 1.85. The molecule has 0 aliphatic carbocycles. The van der Waals surface area contributed by atoms with Crippen molar-refractivity contribution in [3.8, 4) is 0 Å². The minimum Gasteiger partial charge on any atom is -0.326 e. The molecule has 1 fully saturated rings. The molecule has 48 valence electrons. The maximum atomic E-state index is 5.61. The van der Waals surface area contributed by atoms with Gasteiger partial charge in [0, 0.05) is 12.6 Å². The molecular formula is C5H13N3. The molecule has 0 aromatic heterocycles. The van der Waals surface area contributed by atoms with Gasteiger partial charge in [0.15, 0.2) is 0 Å². The molecule has 1 rings (SSSR count). The first-order valence-corrected chi connectivity index (χ1v) is 2.91. The molecule has 3 heteroatoms. The van der Waals surface area contributed by atoms with Gasteiger partial charge in [0.1, 0.15) is 0 Å². The van der Waals surface area contributed by atoms with E-state index in [4.69, 9.17) is 11.5 Å². The minimum absolute atomic E-state index is 0.199. The van der Waals surface area contributed by atoms with Crippen molar-refractivity contribution in [2.45, 2.75) is 18.6 Å². The topological polar surface area (TPSA) is 55.3 Å². The Morgan fingerprint density at radius 1 is 1.50 bits per heavy atom. The van der Waals surface area contributed by atoms with E-state index in [0.717, 1.165) is 13.0 Å². The first-order valence-electron chi connectivity index (χ1n) is 2.91. The van der Waals surface area contributed by atoms with Crippen molar-refractivity contribution in [1.82, 2.24) is 4.90 Å². The number of nitrogens with two attached hydrogens (primary N) is 2. The summed E-state index contributed by atoms with van der Waals surface area (Å²) in [5.41, 5.74) is 11.2. The lowest BCUT2D eigenvalue weighted by atomic mass is 10.3. The highest BCUT2D eigenvalue weighted by molar-refractivity contribution is 4.80. The monoisotopic (exact) mass is 115 g/mol. The average molecular weight is 115 g/mol. The van der Waals surface area contributed by atoms with Crippen molar-refractivity contribution in [1.29, 1.82) is 0 Å². The van der Waals surface area contributed by atoms with Crippen LogP contribution in [0.4, 0.5) is 0 Å². The van der Waals surface area contributed by atoms with Crippen LogP contribution >= 0.6 is 0 Å². The Morgan fingerprint density at radius 2 is 2.12 bits per heavy atom. The third-order valence-electron chi connectivity index (χ3n) is 1.63. The van der Waals surface area contributed by atoms with Gasteiger partial charge in [-0.1, -0.05) is 0 Å². The lowest BCUT2D eigenvalue weighted by Crippen LogP contribution is -2.32. The number of likely N-dealkylation sites (N-methyl/N-ethyl adjacent to an activating group) is 1. The zero-order valence-electron chi connectivity index (χ0n) is 5.17. The van der Waals surface area contributed by atoms with E-state index in [2.05, 4.69) is 4.90 Å². The van der Waals surface area contributed by atoms with E-state index in [0.29, 0.717) is 6.04 Å². The third kappa shape index (κ3) is 0.992. The summed E-state index contributed by atoms with van der Waals surface area (Å²) in [5, 5.41) is 0. The fourth-order valence-electron chi connectivity index (χ4n) is 1.07. The predicted molar refractivity (Wildman–Crippen MR) is 33.2 cm³/mol. The minimum atomic E-state index is 0.199. The highest BCUT2D eigenvalue weighted by atomic mass is 15.2. The van der Waals surface area contributed by atoms with Crippen molar-refractivity contribution in [2.24, 2.45) is 11.5 Å². The molecule has 1 unspecified atom stereocenters. The second-order valence-electron chi connectivity index (χ2n) is 2.50. The Morgan fingerprint density at radius 3 is 2.25 bits per heavy atom. The van der Waals surface area contributed by atoms with Gasteiger partial charge in [0.05, 0.1) is 6.17 Å². The quantitative estimate of drug-likeness (QED) is 0.423. The molecule has 3 nitrogen and oxygen atoms in total. The molecular weight excluding hydrogens is 102 g/mol. The fourth-order valence-corrected chi connectivity index (χ4v) is 1.07. The number of nitrogens with zero attached hydrogens (tertiary/aromatic N) is 1. The Kier molecular flexibility index (Phi) is 1.51. The summed E-state index contributed by atoms with van der Waals surface area (Å²) in [7, 11) is 2.00. The van der Waals surface area contributed by atoms with Crippen LogP contribution in [0.1, 0.15) is 6.42 Å². The van der Waals surface area contributed by atoms with E-state index in [1.807, 2.05) is 7.05 Å². The molecule has 1 aliphatic heterocycles. The van der Waals surface area contributed by atoms with E-state index in [1.165, 1.54) is 0 Å². The summed E-state index contributed by atoms with van der Waals surface area (Å²) < 4.78 is 0. The standard InChI is InChI=1S/C5H13N3/c1-8-3-4(6)2-5(8)7/h4-5H,2-3,6-7H2,1H3/t4-,5?/m1/s1. The largest absolute Gasteiger partial charge is 0.326 e. The van der Waals surface area contributed by atoms with E-state index in [-0.39, 0.29) is 6.17 Å². The van der Waals surface area contributed by atoms with Crippen molar-refractivity contribution in [3.63, 3.8) is 0 Å². The summed E-state index contributed by atoms with van der Waals surface area (Å²) in [5.74, 6) is 0. The van der Waals surface area contributed by atoms with Gasteiger partial charge in [-0.25, -0.2) is 0 Å². The smallest absolute Gasteiger partial charge is 0.0585 e. The molecule has 0 bridgehead atoms. The highest BCUT2D eigenvalue weighted by Gasteiger charge is 2.22. The van der Waals surface area contributed by atoms with Crippen LogP contribution < -0.4 is 11.5 Å². The molecule has 1 saturated heterocycles. The van der Waals surface area contributed by atoms with Gasteiger partial charge in [-0.3, -0.25) is 4.90 Å². The Labute approximate surface area is 49.6 Å². The summed E-state index contributed by atoms with van der Waals surface area (Å²) in [6.07, 6.45) is 1.14. The van der Waals surface area contributed by atoms with Crippen molar-refractivity contribution in [3.05, 3.63) is 0 Å². The summed E-state index contributed by atoms with van der Waals surface area (Å²) in [4.78, 5) is 2.07. The maximum absolute atomic E-state index is 5.61. The van der Waals surface area contributed by atoms with E-state index in [9.17, 15) is 0 Å². The van der Waals surface area contributed by atoms with Gasteiger partial charge in [0.25, 0.3) is 0 Å². The zero-order valence-corrected chi connectivity index (χ0v) is 5.17. The highest BCUT2D eigenvalue weighted by Crippen LogP contribution is 2.07. The third-order valence-corrected chi connectivity index (χ3v) is 1.63. The van der Waals surface area contributed by atoms with Crippen molar-refractivity contribution >= 4 is 0 Å². The summed E-state index contributed by atoms with van der Waals surface area (Å²) in [6.45, 7) is 0.946. The van der Waals surface area contributed by atoms with Crippen LogP contribution in [0.5, 0.6) is 0 Å². The second-order valence-corrected chi connectivity index (χ2v) is 2.50. The first-order chi connectivity index (χ1) is 3.70. The van der Waals surface area contributed by atoms with Crippen molar-refractivity contribution < 1.29 is 0 Å². The summed E-state index contributed by atoms with van der Waals surface area (Å²) in [6, 6.07) is 0.301. The second kappa shape index (κ2) is 2.01. The maximum Gasteiger partial charge on any atom is 0.0585 e. The van der Waals surface area contributed by atoms with Crippen LogP contribution in [0.3, 0.4) is 0 Å². The van der Waals surface area contributed by atoms with Crippen LogP contribution in [-0.4, -0.2) is 30.7 Å². The predicted octanol–water partition coefficient (Wildman–Crippen LogP) is -1.07. The molecule has 0 spiro atoms. The van der Waals surface area contributed by atoms with Gasteiger partial charge in [-0.05, 0) is 13.5 Å². The Hall–Kier alpha value is -0.120. The number of hydrogen-bond acceptors (Lipinski definition) is 3. The molecule has 0 aromatic carbocycles. The van der Waals surface area contributed by atoms with E-state index < -0.39 is 0 Å². The molecule has 1 aliphatic rings. The molecule has 0 amide bonds. The van der Waals surface area contributed by atoms with Crippen LogP contribution in [0.15, 0.2) is 0 Å². The van der Waals surface area contributed by atoms with Gasteiger partial charge in [-0.2, -0.15) is 0 Å². The molecule has 0 aromatic rings. The van der Waals surface area contributed by atoms with Gasteiger partial charge in [-0.15, -0.1) is 0 Å². The molecule has 1 heterocycles. The van der Waals surface area contributed by atoms with Crippen molar-refractivity contribution in [2.75, 3.05) is 13.6 Å². The van der Waals surface area contributed by atoms with Crippen LogP contribution in [0.25, 0.3) is 0 Å². The molecule has 0 saturated carbocycles. The fraction of sp³-hybridized carbons (Fsp3) is 1.00.